The number of aromatic hydroxyl groups is 2. The number of allylic oxidation sites excluding steroid dienone is 4. The van der Waals surface area contributed by atoms with Gasteiger partial charge in [0.05, 0.1) is 0 Å². The molecule has 32 heavy (non-hydrogen) atoms. The number of phenols is 2. The first-order valence-corrected chi connectivity index (χ1v) is 10.8. The molecule has 0 heterocycles. The van der Waals surface area contributed by atoms with Crippen LogP contribution in [0.2, 0.25) is 0 Å². The zero-order chi connectivity index (χ0) is 22.9. The Morgan fingerprint density at radius 2 is 1.03 bits per heavy atom. The molecule has 3 heteroatoms. The standard InChI is InChI=1S/C29H28O3/c1-28(2,21-8-14-25(30)15-9-21)20-4-6-22(7-5-20)29(3,23-10-16-26(31)17-11-23)24-12-18-27(32)19-13-24/h4-14,16-19,31-32H,15H2,1-3H3. The van der Waals surface area contributed by atoms with Gasteiger partial charge in [-0.2, -0.15) is 0 Å². The average Bonchev–Trinajstić information content (AvgIpc) is 2.80. The van der Waals surface area contributed by atoms with Crippen molar-refractivity contribution in [2.75, 3.05) is 0 Å². The van der Waals surface area contributed by atoms with Crippen LogP contribution < -0.4 is 0 Å². The van der Waals surface area contributed by atoms with Crippen LogP contribution in [0.25, 0.3) is 0 Å². The zero-order valence-corrected chi connectivity index (χ0v) is 18.7. The van der Waals surface area contributed by atoms with Gasteiger partial charge in [0.25, 0.3) is 0 Å². The largest absolute Gasteiger partial charge is 0.508 e. The minimum Gasteiger partial charge on any atom is -0.508 e. The van der Waals surface area contributed by atoms with Crippen molar-refractivity contribution in [1.82, 2.24) is 0 Å². The second kappa shape index (κ2) is 8.16. The normalized spacial score (nSPS) is 14.3. The van der Waals surface area contributed by atoms with Gasteiger partial charge in [0, 0.05) is 17.3 Å². The van der Waals surface area contributed by atoms with Gasteiger partial charge in [-0.15, -0.1) is 0 Å². The summed E-state index contributed by atoms with van der Waals surface area (Å²) in [4.78, 5) is 11.6. The second-order valence-electron chi connectivity index (χ2n) is 9.08. The third-order valence-corrected chi connectivity index (χ3v) is 6.77. The predicted octanol–water partition coefficient (Wildman–Crippen LogP) is 6.19. The number of benzene rings is 3. The van der Waals surface area contributed by atoms with E-state index in [1.54, 1.807) is 30.3 Å². The summed E-state index contributed by atoms with van der Waals surface area (Å²) in [5, 5.41) is 19.6. The molecular weight excluding hydrogens is 396 g/mol. The molecule has 0 aliphatic heterocycles. The number of carbonyl (C=O) groups excluding carboxylic acids is 1. The first-order chi connectivity index (χ1) is 15.2. The summed E-state index contributed by atoms with van der Waals surface area (Å²) >= 11 is 0. The van der Waals surface area contributed by atoms with Crippen molar-refractivity contribution >= 4 is 5.78 Å². The third-order valence-electron chi connectivity index (χ3n) is 6.77. The van der Waals surface area contributed by atoms with Crippen molar-refractivity contribution in [1.29, 1.82) is 0 Å². The summed E-state index contributed by atoms with van der Waals surface area (Å²) in [7, 11) is 0. The van der Waals surface area contributed by atoms with Crippen molar-refractivity contribution in [2.24, 2.45) is 0 Å². The van der Waals surface area contributed by atoms with E-state index in [9.17, 15) is 15.0 Å². The van der Waals surface area contributed by atoms with E-state index in [1.165, 1.54) is 5.56 Å². The van der Waals surface area contributed by atoms with Gasteiger partial charge in [0.2, 0.25) is 0 Å². The maximum atomic E-state index is 11.6. The van der Waals surface area contributed by atoms with E-state index in [1.807, 2.05) is 36.4 Å². The van der Waals surface area contributed by atoms with E-state index in [4.69, 9.17) is 0 Å². The first kappa shape index (κ1) is 21.6. The lowest BCUT2D eigenvalue weighted by molar-refractivity contribution is -0.113. The van der Waals surface area contributed by atoms with Crippen LogP contribution in [0.3, 0.4) is 0 Å². The highest BCUT2D eigenvalue weighted by atomic mass is 16.3. The Labute approximate surface area is 189 Å². The summed E-state index contributed by atoms with van der Waals surface area (Å²) in [6.45, 7) is 6.50. The van der Waals surface area contributed by atoms with Crippen LogP contribution in [0.4, 0.5) is 0 Å². The van der Waals surface area contributed by atoms with E-state index in [-0.39, 0.29) is 22.7 Å². The molecule has 0 saturated carbocycles. The molecule has 0 fully saturated rings. The fourth-order valence-corrected chi connectivity index (χ4v) is 4.47. The fourth-order valence-electron chi connectivity index (χ4n) is 4.47. The monoisotopic (exact) mass is 424 g/mol. The van der Waals surface area contributed by atoms with Gasteiger partial charge in [0.1, 0.15) is 11.5 Å². The van der Waals surface area contributed by atoms with E-state index >= 15 is 0 Å². The predicted molar refractivity (Wildman–Crippen MR) is 128 cm³/mol. The Balaban J connectivity index is 1.77. The maximum absolute atomic E-state index is 11.6. The first-order valence-electron chi connectivity index (χ1n) is 10.8. The molecule has 0 spiro atoms. The summed E-state index contributed by atoms with van der Waals surface area (Å²) in [5.74, 6) is 0.593. The lowest BCUT2D eigenvalue weighted by atomic mass is 9.69. The highest BCUT2D eigenvalue weighted by Crippen LogP contribution is 2.41. The molecule has 162 valence electrons. The van der Waals surface area contributed by atoms with E-state index < -0.39 is 5.41 Å². The number of carbonyl (C=O) groups is 1. The minimum absolute atomic E-state index is 0.137. The number of rotatable bonds is 5. The number of hydrogen-bond donors (Lipinski definition) is 2. The Morgan fingerprint density at radius 3 is 1.44 bits per heavy atom. The molecule has 0 unspecified atom stereocenters. The van der Waals surface area contributed by atoms with Crippen LogP contribution in [0, 0.1) is 0 Å². The van der Waals surface area contributed by atoms with Crippen molar-refractivity contribution in [3.8, 4) is 11.5 Å². The van der Waals surface area contributed by atoms with Crippen molar-refractivity contribution < 1.29 is 15.0 Å². The Bertz CT molecular complexity index is 1130. The van der Waals surface area contributed by atoms with Gasteiger partial charge in [-0.1, -0.05) is 74.5 Å². The van der Waals surface area contributed by atoms with Crippen LogP contribution in [-0.4, -0.2) is 16.0 Å². The molecule has 1 aliphatic rings. The smallest absolute Gasteiger partial charge is 0.159 e. The zero-order valence-electron chi connectivity index (χ0n) is 18.7. The Kier molecular flexibility index (Phi) is 5.52. The topological polar surface area (TPSA) is 57.5 Å². The molecule has 0 aromatic heterocycles. The van der Waals surface area contributed by atoms with Crippen LogP contribution in [0.5, 0.6) is 11.5 Å². The Hall–Kier alpha value is -3.59. The van der Waals surface area contributed by atoms with Crippen LogP contribution in [-0.2, 0) is 15.6 Å². The molecule has 0 bridgehead atoms. The summed E-state index contributed by atoms with van der Waals surface area (Å²) in [6, 6.07) is 23.2. The van der Waals surface area contributed by atoms with Gasteiger partial charge >= 0.3 is 0 Å². The summed E-state index contributed by atoms with van der Waals surface area (Å²) in [5.41, 5.74) is 4.82. The molecule has 3 aromatic rings. The average molecular weight is 425 g/mol. The SMILES string of the molecule is CC(C)(C1=CCC(=O)C=C1)c1ccc(C(C)(c2ccc(O)cc2)c2ccc(O)cc2)cc1. The molecule has 0 atom stereocenters. The number of phenolic OH excluding ortho intramolecular Hbond substituents is 2. The molecule has 2 N–H and O–H groups in total. The quantitative estimate of drug-likeness (QED) is 0.481. The van der Waals surface area contributed by atoms with Gasteiger partial charge in [-0.05, 0) is 65.1 Å². The Morgan fingerprint density at radius 1 is 0.625 bits per heavy atom. The molecular formula is C29H28O3. The molecule has 0 saturated heterocycles. The summed E-state index contributed by atoms with van der Waals surface area (Å²) in [6.07, 6.45) is 6.06. The molecule has 3 aromatic carbocycles. The number of ketones is 1. The number of hydrogen-bond acceptors (Lipinski definition) is 3. The third kappa shape index (κ3) is 3.87. The highest BCUT2D eigenvalue weighted by molar-refractivity contribution is 5.92. The minimum atomic E-state index is -0.472. The van der Waals surface area contributed by atoms with E-state index in [2.05, 4.69) is 45.0 Å². The molecule has 4 rings (SSSR count). The van der Waals surface area contributed by atoms with Crippen LogP contribution >= 0.6 is 0 Å². The van der Waals surface area contributed by atoms with Crippen molar-refractivity contribution in [3.63, 3.8) is 0 Å². The maximum Gasteiger partial charge on any atom is 0.159 e. The molecule has 0 radical (unpaired) electrons. The van der Waals surface area contributed by atoms with Crippen molar-refractivity contribution in [2.45, 2.75) is 38.0 Å². The lowest BCUT2D eigenvalue weighted by Gasteiger charge is -2.33. The molecule has 0 amide bonds. The van der Waals surface area contributed by atoms with Crippen LogP contribution in [0.1, 0.15) is 49.4 Å². The van der Waals surface area contributed by atoms with Gasteiger partial charge in [0.15, 0.2) is 5.78 Å². The summed E-state index contributed by atoms with van der Waals surface area (Å²) < 4.78 is 0. The lowest BCUT2D eigenvalue weighted by Crippen LogP contribution is -2.26. The van der Waals surface area contributed by atoms with E-state index in [0.29, 0.717) is 6.42 Å². The highest BCUT2D eigenvalue weighted by Gasteiger charge is 2.32. The van der Waals surface area contributed by atoms with Gasteiger partial charge in [-0.25, -0.2) is 0 Å². The molecule has 1 aliphatic carbocycles. The van der Waals surface area contributed by atoms with Crippen LogP contribution in [0.15, 0.2) is 96.6 Å². The van der Waals surface area contributed by atoms with Gasteiger partial charge in [-0.3, -0.25) is 4.79 Å². The second-order valence-corrected chi connectivity index (χ2v) is 9.08. The fraction of sp³-hybridized carbons (Fsp3) is 0.207. The van der Waals surface area contributed by atoms with Crippen molar-refractivity contribution in [3.05, 3.63) is 119 Å². The molecule has 3 nitrogen and oxygen atoms in total. The van der Waals surface area contributed by atoms with E-state index in [0.717, 1.165) is 22.3 Å². The van der Waals surface area contributed by atoms with Gasteiger partial charge < -0.3 is 10.2 Å².